The predicted molar refractivity (Wildman–Crippen MR) is 45.8 cm³/mol. The average molecular weight is 240 g/mol. The van der Waals surface area contributed by atoms with Gasteiger partial charge in [-0.25, -0.2) is 26.3 Å². The van der Waals surface area contributed by atoms with Crippen molar-refractivity contribution in [2.75, 3.05) is 0 Å². The van der Waals surface area contributed by atoms with E-state index in [-0.39, 0.29) is 0 Å². The molecule has 0 bridgehead atoms. The Hall–Kier alpha value is -1.46. The van der Waals surface area contributed by atoms with Crippen LogP contribution < -0.4 is 0 Å². The maximum atomic E-state index is 13.1. The Balaban J connectivity index is 3.72. The third-order valence-corrected chi connectivity index (χ3v) is 2.00. The number of benzene rings is 1. The Bertz CT molecular complexity index is 442. The fourth-order valence-electron chi connectivity index (χ4n) is 1.11. The minimum atomic E-state index is -1.96. The summed E-state index contributed by atoms with van der Waals surface area (Å²) in [5.41, 5.74) is -2.59. The van der Waals surface area contributed by atoms with Crippen LogP contribution in [0.5, 0.6) is 0 Å². The lowest BCUT2D eigenvalue weighted by Gasteiger charge is -2.07. The molecule has 0 atom stereocenters. The maximum Gasteiger partial charge on any atom is 0.172 e. The molecule has 16 heavy (non-hydrogen) atoms. The molecule has 0 saturated heterocycles. The van der Waals surface area contributed by atoms with E-state index in [9.17, 15) is 26.3 Å². The van der Waals surface area contributed by atoms with Crippen molar-refractivity contribution in [3.8, 4) is 0 Å². The van der Waals surface area contributed by atoms with E-state index < -0.39 is 46.0 Å². The Morgan fingerprint density at radius 2 is 1.19 bits per heavy atom. The van der Waals surface area contributed by atoms with Crippen molar-refractivity contribution in [2.24, 2.45) is 0 Å². The normalized spacial score (nSPS) is 12.8. The van der Waals surface area contributed by atoms with Gasteiger partial charge in [-0.3, -0.25) is 0 Å². The summed E-state index contributed by atoms with van der Waals surface area (Å²) < 4.78 is 77.5. The molecule has 0 radical (unpaired) electrons. The van der Waals surface area contributed by atoms with Gasteiger partial charge in [0.05, 0.1) is 5.56 Å². The third kappa shape index (κ3) is 1.79. The second kappa shape index (κ2) is 4.19. The van der Waals surface area contributed by atoms with Crippen LogP contribution in [-0.4, -0.2) is 0 Å². The Morgan fingerprint density at radius 1 is 0.812 bits per heavy atom. The van der Waals surface area contributed by atoms with E-state index in [0.29, 0.717) is 6.92 Å². The van der Waals surface area contributed by atoms with E-state index in [1.54, 1.807) is 0 Å². The number of halogens is 6. The van der Waals surface area contributed by atoms with E-state index in [0.717, 1.165) is 6.92 Å². The lowest BCUT2D eigenvalue weighted by atomic mass is 10.1. The van der Waals surface area contributed by atoms with E-state index >= 15 is 0 Å². The highest BCUT2D eigenvalue weighted by Crippen LogP contribution is 2.31. The lowest BCUT2D eigenvalue weighted by molar-refractivity contribution is 0.436. The molecule has 0 fully saturated rings. The highest BCUT2D eigenvalue weighted by molar-refractivity contribution is 5.62. The highest BCUT2D eigenvalue weighted by atomic mass is 19.2. The lowest BCUT2D eigenvalue weighted by Crippen LogP contribution is -2.05. The van der Waals surface area contributed by atoms with Gasteiger partial charge in [0, 0.05) is 5.56 Å². The largest absolute Gasteiger partial charge is 0.209 e. The minimum absolute atomic E-state index is 0.573. The fraction of sp³-hybridized carbons (Fsp3) is 0.200. The molecule has 0 aliphatic rings. The van der Waals surface area contributed by atoms with Gasteiger partial charge in [0.2, 0.25) is 0 Å². The van der Waals surface area contributed by atoms with Gasteiger partial charge >= 0.3 is 0 Å². The standard InChI is InChI=1S/C10H6F6/c1-3-6(12)9(15)5(8(14)4(2)11)10(16)7(3)13/h1-2H3/b8-4+. The number of hydrogen-bond donors (Lipinski definition) is 0. The van der Waals surface area contributed by atoms with Crippen LogP contribution in [0.2, 0.25) is 0 Å². The van der Waals surface area contributed by atoms with E-state index in [2.05, 4.69) is 0 Å². The molecule has 0 aliphatic carbocycles. The predicted octanol–water partition coefficient (Wildman–Crippen LogP) is 4.18. The Kier molecular flexibility index (Phi) is 3.30. The Labute approximate surface area is 87.2 Å². The first-order valence-corrected chi connectivity index (χ1v) is 4.13. The third-order valence-electron chi connectivity index (χ3n) is 2.00. The summed E-state index contributed by atoms with van der Waals surface area (Å²) in [5, 5.41) is 0. The molecular weight excluding hydrogens is 234 g/mol. The average Bonchev–Trinajstić information content (AvgIpc) is 2.23. The molecule has 0 spiro atoms. The maximum absolute atomic E-state index is 13.1. The van der Waals surface area contributed by atoms with Gasteiger partial charge in [0.25, 0.3) is 0 Å². The number of hydrogen-bond acceptors (Lipinski definition) is 0. The van der Waals surface area contributed by atoms with Gasteiger partial charge in [-0.2, -0.15) is 0 Å². The topological polar surface area (TPSA) is 0 Å². The van der Waals surface area contributed by atoms with Gasteiger partial charge in [-0.15, -0.1) is 0 Å². The van der Waals surface area contributed by atoms with Crippen molar-refractivity contribution in [3.63, 3.8) is 0 Å². The van der Waals surface area contributed by atoms with E-state index in [1.807, 2.05) is 0 Å². The highest BCUT2D eigenvalue weighted by Gasteiger charge is 2.26. The molecule has 88 valence electrons. The first-order valence-electron chi connectivity index (χ1n) is 4.13. The van der Waals surface area contributed by atoms with Crippen molar-refractivity contribution in [1.29, 1.82) is 0 Å². The molecule has 1 aromatic rings. The molecule has 0 aromatic heterocycles. The zero-order chi connectivity index (χ0) is 12.6. The van der Waals surface area contributed by atoms with Gasteiger partial charge in [-0.05, 0) is 13.8 Å². The van der Waals surface area contributed by atoms with Crippen molar-refractivity contribution in [3.05, 3.63) is 40.2 Å². The molecule has 0 N–H and O–H groups in total. The summed E-state index contributed by atoms with van der Waals surface area (Å²) in [7, 11) is 0. The van der Waals surface area contributed by atoms with Crippen molar-refractivity contribution >= 4 is 5.83 Å². The van der Waals surface area contributed by atoms with E-state index in [1.165, 1.54) is 0 Å². The summed E-state index contributed by atoms with van der Waals surface area (Å²) in [6.45, 7) is 1.36. The van der Waals surface area contributed by atoms with Gasteiger partial charge in [0.1, 0.15) is 5.83 Å². The molecule has 0 nitrogen and oxygen atoms in total. The summed E-state index contributed by atoms with van der Waals surface area (Å²) in [6.07, 6.45) is 0. The van der Waals surface area contributed by atoms with Crippen LogP contribution in [0.25, 0.3) is 5.83 Å². The number of rotatable bonds is 1. The zero-order valence-electron chi connectivity index (χ0n) is 8.27. The minimum Gasteiger partial charge on any atom is -0.209 e. The Morgan fingerprint density at radius 3 is 1.50 bits per heavy atom. The quantitative estimate of drug-likeness (QED) is 0.510. The monoisotopic (exact) mass is 240 g/mol. The number of allylic oxidation sites excluding steroid dienone is 1. The molecule has 6 heteroatoms. The summed E-state index contributed by atoms with van der Waals surface area (Å²) in [4.78, 5) is 0. The van der Waals surface area contributed by atoms with Crippen molar-refractivity contribution in [2.45, 2.75) is 13.8 Å². The first kappa shape index (κ1) is 12.6. The summed E-state index contributed by atoms with van der Waals surface area (Å²) in [6, 6.07) is 0. The van der Waals surface area contributed by atoms with Gasteiger partial charge in [-0.1, -0.05) is 0 Å². The molecule has 0 aliphatic heterocycles. The van der Waals surface area contributed by atoms with Crippen LogP contribution in [0.3, 0.4) is 0 Å². The van der Waals surface area contributed by atoms with Crippen LogP contribution in [-0.2, 0) is 0 Å². The van der Waals surface area contributed by atoms with Crippen LogP contribution in [0, 0.1) is 30.2 Å². The van der Waals surface area contributed by atoms with Crippen LogP contribution in [0.1, 0.15) is 18.1 Å². The SMILES string of the molecule is C/C(F)=C(\F)c1c(F)c(F)c(C)c(F)c1F. The summed E-state index contributed by atoms with van der Waals surface area (Å²) in [5.74, 6) is -10.9. The zero-order valence-corrected chi connectivity index (χ0v) is 8.27. The van der Waals surface area contributed by atoms with Gasteiger partial charge < -0.3 is 0 Å². The molecule has 0 unspecified atom stereocenters. The smallest absolute Gasteiger partial charge is 0.172 e. The van der Waals surface area contributed by atoms with Crippen LogP contribution in [0.4, 0.5) is 26.3 Å². The van der Waals surface area contributed by atoms with E-state index in [4.69, 9.17) is 0 Å². The molecule has 0 saturated carbocycles. The van der Waals surface area contributed by atoms with Crippen LogP contribution in [0.15, 0.2) is 5.83 Å². The van der Waals surface area contributed by atoms with Gasteiger partial charge in [0.15, 0.2) is 29.1 Å². The van der Waals surface area contributed by atoms with Crippen LogP contribution >= 0.6 is 0 Å². The molecule has 0 amide bonds. The second-order valence-corrected chi connectivity index (χ2v) is 3.10. The second-order valence-electron chi connectivity index (χ2n) is 3.10. The van der Waals surface area contributed by atoms with Crippen molar-refractivity contribution in [1.82, 2.24) is 0 Å². The molecule has 0 heterocycles. The molecule has 1 rings (SSSR count). The molecule has 1 aromatic carbocycles. The fourth-order valence-corrected chi connectivity index (χ4v) is 1.11. The van der Waals surface area contributed by atoms with Crippen molar-refractivity contribution < 1.29 is 26.3 Å². The first-order chi connectivity index (χ1) is 7.29. The summed E-state index contributed by atoms with van der Waals surface area (Å²) >= 11 is 0. The molecular formula is C10H6F6.